The number of aromatic nitrogens is 2. The second-order valence-corrected chi connectivity index (χ2v) is 6.40. The average Bonchev–Trinajstić information content (AvgIpc) is 2.73. The molecule has 8 heteroatoms. The lowest BCUT2D eigenvalue weighted by Crippen LogP contribution is -2.26. The van der Waals surface area contributed by atoms with Gasteiger partial charge in [0, 0.05) is 15.6 Å². The van der Waals surface area contributed by atoms with Crippen molar-refractivity contribution >= 4 is 21.9 Å². The van der Waals surface area contributed by atoms with Crippen molar-refractivity contribution in [3.63, 3.8) is 0 Å². The van der Waals surface area contributed by atoms with Crippen LogP contribution in [0.4, 0.5) is 19.2 Å². The molecule has 0 atom stereocenters. The number of nitrogens with zero attached hydrogens (tertiary/aromatic N) is 2. The molecule has 0 bridgehead atoms. The van der Waals surface area contributed by atoms with Crippen molar-refractivity contribution in [3.05, 3.63) is 28.2 Å². The van der Waals surface area contributed by atoms with Gasteiger partial charge in [-0.05, 0) is 39.0 Å². The maximum absolute atomic E-state index is 13.1. The second kappa shape index (κ2) is 5.32. The zero-order valence-electron chi connectivity index (χ0n) is 11.5. The van der Waals surface area contributed by atoms with Crippen molar-refractivity contribution < 1.29 is 17.7 Å². The fraction of sp³-hybridized carbons (Fsp3) is 0.385. The number of hydrogen-bond donors (Lipinski definition) is 1. The van der Waals surface area contributed by atoms with Crippen molar-refractivity contribution in [2.75, 3.05) is 5.32 Å². The Morgan fingerprint density at radius 1 is 1.19 bits per heavy atom. The first-order valence-electron chi connectivity index (χ1n) is 6.05. The summed E-state index contributed by atoms with van der Waals surface area (Å²) in [6.07, 6.45) is -4.50. The summed E-state index contributed by atoms with van der Waals surface area (Å²) in [5, 5.41) is 6.52. The predicted molar refractivity (Wildman–Crippen MR) is 75.8 cm³/mol. The van der Waals surface area contributed by atoms with Gasteiger partial charge in [0.2, 0.25) is 5.82 Å². The Morgan fingerprint density at radius 2 is 1.86 bits per heavy atom. The van der Waals surface area contributed by atoms with E-state index in [2.05, 4.69) is 31.4 Å². The van der Waals surface area contributed by atoms with E-state index in [1.54, 1.807) is 0 Å². The molecule has 2 aromatic rings. The van der Waals surface area contributed by atoms with Gasteiger partial charge >= 0.3 is 12.2 Å². The lowest BCUT2D eigenvalue weighted by atomic mass is 10.1. The quantitative estimate of drug-likeness (QED) is 0.837. The molecule has 21 heavy (non-hydrogen) atoms. The summed E-state index contributed by atoms with van der Waals surface area (Å²) in [6, 6.07) is 3.87. The smallest absolute Gasteiger partial charge is 0.333 e. The Bertz CT molecular complexity index is 647. The number of benzene rings is 1. The minimum Gasteiger partial charge on any atom is -0.333 e. The standard InChI is InChI=1S/C13H13BrF3N3O/c1-12(2,3)19-11-18-10(20-21-11)8-5-4-7(14)6-9(8)13(15,16)17/h4-6H,1-3H3,(H,18,19,20). The van der Waals surface area contributed by atoms with Crippen molar-refractivity contribution in [2.45, 2.75) is 32.5 Å². The number of alkyl halides is 3. The van der Waals surface area contributed by atoms with Gasteiger partial charge in [-0.25, -0.2) is 0 Å². The molecule has 0 aliphatic rings. The number of hydrogen-bond acceptors (Lipinski definition) is 4. The lowest BCUT2D eigenvalue weighted by Gasteiger charge is -2.17. The number of rotatable bonds is 2. The monoisotopic (exact) mass is 363 g/mol. The minimum atomic E-state index is -4.50. The molecule has 0 aliphatic carbocycles. The molecule has 0 saturated heterocycles. The Balaban J connectivity index is 2.43. The highest BCUT2D eigenvalue weighted by molar-refractivity contribution is 9.10. The van der Waals surface area contributed by atoms with Gasteiger partial charge in [-0.15, -0.1) is 0 Å². The van der Waals surface area contributed by atoms with Gasteiger partial charge in [0.25, 0.3) is 0 Å². The molecular weight excluding hydrogens is 351 g/mol. The molecule has 0 saturated carbocycles. The minimum absolute atomic E-state index is 0.0774. The summed E-state index contributed by atoms with van der Waals surface area (Å²) in [4.78, 5) is 3.97. The third-order valence-electron chi connectivity index (χ3n) is 2.44. The van der Waals surface area contributed by atoms with Crippen molar-refractivity contribution in [1.82, 2.24) is 10.1 Å². The third kappa shape index (κ3) is 3.96. The molecule has 0 unspecified atom stereocenters. The number of halogens is 4. The van der Waals surface area contributed by atoms with Crippen molar-refractivity contribution in [1.29, 1.82) is 0 Å². The molecule has 0 radical (unpaired) electrons. The van der Waals surface area contributed by atoms with E-state index in [4.69, 9.17) is 4.52 Å². The maximum Gasteiger partial charge on any atom is 0.417 e. The molecule has 2 rings (SSSR count). The molecule has 0 fully saturated rings. The van der Waals surface area contributed by atoms with Crippen molar-refractivity contribution in [2.24, 2.45) is 0 Å². The van der Waals surface area contributed by atoms with Gasteiger partial charge < -0.3 is 9.84 Å². The Labute approximate surface area is 127 Å². The fourth-order valence-corrected chi connectivity index (χ4v) is 2.01. The van der Waals surface area contributed by atoms with E-state index in [0.29, 0.717) is 4.47 Å². The first-order chi connectivity index (χ1) is 9.56. The van der Waals surface area contributed by atoms with Crippen LogP contribution in [0, 0.1) is 0 Å². The first kappa shape index (κ1) is 15.8. The predicted octanol–water partition coefficient (Wildman–Crippen LogP) is 4.73. The summed E-state index contributed by atoms with van der Waals surface area (Å²) in [5.41, 5.74) is -1.28. The molecule has 1 aromatic heterocycles. The zero-order chi connectivity index (χ0) is 15.8. The van der Waals surface area contributed by atoms with Crippen LogP contribution in [-0.4, -0.2) is 15.7 Å². The summed E-state index contributed by atoms with van der Waals surface area (Å²) in [5.74, 6) is -0.110. The van der Waals surface area contributed by atoms with Crippen LogP contribution in [0.1, 0.15) is 26.3 Å². The van der Waals surface area contributed by atoms with Crippen LogP contribution in [0.25, 0.3) is 11.4 Å². The molecule has 1 aromatic carbocycles. The van der Waals surface area contributed by atoms with Crippen LogP contribution in [0.2, 0.25) is 0 Å². The van der Waals surface area contributed by atoms with Crippen LogP contribution >= 0.6 is 15.9 Å². The number of nitrogens with one attached hydrogen (secondary N) is 1. The van der Waals surface area contributed by atoms with Crippen LogP contribution in [0.15, 0.2) is 27.2 Å². The molecule has 0 amide bonds. The molecule has 0 aliphatic heterocycles. The van der Waals surface area contributed by atoms with E-state index in [-0.39, 0.29) is 22.9 Å². The van der Waals surface area contributed by atoms with Crippen LogP contribution in [0.3, 0.4) is 0 Å². The molecular formula is C13H13BrF3N3O. The van der Waals surface area contributed by atoms with Gasteiger partial charge in [0.15, 0.2) is 0 Å². The molecule has 1 heterocycles. The Kier molecular flexibility index (Phi) is 4.01. The largest absolute Gasteiger partial charge is 0.417 e. The van der Waals surface area contributed by atoms with E-state index >= 15 is 0 Å². The van der Waals surface area contributed by atoms with E-state index in [1.165, 1.54) is 12.1 Å². The van der Waals surface area contributed by atoms with Gasteiger partial charge in [-0.2, -0.15) is 18.2 Å². The summed E-state index contributed by atoms with van der Waals surface area (Å²) in [6.45, 7) is 5.62. The van der Waals surface area contributed by atoms with Gasteiger partial charge in [-0.3, -0.25) is 0 Å². The van der Waals surface area contributed by atoms with Gasteiger partial charge in [-0.1, -0.05) is 21.1 Å². The fourth-order valence-electron chi connectivity index (χ4n) is 1.65. The van der Waals surface area contributed by atoms with E-state index in [1.807, 2.05) is 20.8 Å². The summed E-state index contributed by atoms with van der Waals surface area (Å²) in [7, 11) is 0. The van der Waals surface area contributed by atoms with Crippen LogP contribution in [-0.2, 0) is 6.18 Å². The molecule has 4 nitrogen and oxygen atoms in total. The van der Waals surface area contributed by atoms with Gasteiger partial charge in [0.1, 0.15) is 0 Å². The molecule has 1 N–H and O–H groups in total. The van der Waals surface area contributed by atoms with Crippen LogP contribution < -0.4 is 5.32 Å². The topological polar surface area (TPSA) is 51.0 Å². The third-order valence-corrected chi connectivity index (χ3v) is 2.93. The van der Waals surface area contributed by atoms with E-state index in [0.717, 1.165) is 6.07 Å². The highest BCUT2D eigenvalue weighted by Gasteiger charge is 2.35. The molecule has 114 valence electrons. The first-order valence-corrected chi connectivity index (χ1v) is 6.84. The summed E-state index contributed by atoms with van der Waals surface area (Å²) >= 11 is 3.03. The number of anilines is 1. The lowest BCUT2D eigenvalue weighted by molar-refractivity contribution is -0.137. The Hall–Kier alpha value is -1.57. The molecule has 0 spiro atoms. The van der Waals surface area contributed by atoms with Crippen molar-refractivity contribution in [3.8, 4) is 11.4 Å². The van der Waals surface area contributed by atoms with Gasteiger partial charge in [0.05, 0.1) is 5.56 Å². The SMILES string of the molecule is CC(C)(C)Nc1nc(-c2ccc(Br)cc2C(F)(F)F)no1. The van der Waals surface area contributed by atoms with Crippen LogP contribution in [0.5, 0.6) is 0 Å². The van der Waals surface area contributed by atoms with E-state index in [9.17, 15) is 13.2 Å². The van der Waals surface area contributed by atoms with E-state index < -0.39 is 11.7 Å². The highest BCUT2D eigenvalue weighted by atomic mass is 79.9. The second-order valence-electron chi connectivity index (χ2n) is 5.49. The zero-order valence-corrected chi connectivity index (χ0v) is 13.1. The normalized spacial score (nSPS) is 12.5. The highest BCUT2D eigenvalue weighted by Crippen LogP contribution is 2.38. The average molecular weight is 364 g/mol. The summed E-state index contributed by atoms with van der Waals surface area (Å²) < 4.78 is 44.5. The maximum atomic E-state index is 13.1. The Morgan fingerprint density at radius 3 is 2.43 bits per heavy atom.